The zero-order valence-electron chi connectivity index (χ0n) is 9.58. The van der Waals surface area contributed by atoms with Crippen molar-refractivity contribution in [3.05, 3.63) is 52.7 Å². The van der Waals surface area contributed by atoms with E-state index in [0.717, 1.165) is 0 Å². The third kappa shape index (κ3) is 2.06. The Balaban J connectivity index is 2.51. The van der Waals surface area contributed by atoms with Gasteiger partial charge in [-0.15, -0.1) is 0 Å². The number of hydrogen-bond donors (Lipinski definition) is 1. The smallest absolute Gasteiger partial charge is 0.231 e. The molecule has 0 radical (unpaired) electrons. The van der Waals surface area contributed by atoms with E-state index in [1.54, 1.807) is 19.9 Å². The molecule has 0 amide bonds. The summed E-state index contributed by atoms with van der Waals surface area (Å²) in [4.78, 5) is 12.0. The van der Waals surface area contributed by atoms with Crippen LogP contribution in [0.5, 0.6) is 0 Å². The van der Waals surface area contributed by atoms with Crippen molar-refractivity contribution in [1.29, 1.82) is 0 Å². The lowest BCUT2D eigenvalue weighted by Crippen LogP contribution is -2.06. The van der Waals surface area contributed by atoms with Crippen LogP contribution in [0.3, 0.4) is 0 Å². The minimum Gasteiger partial charge on any atom is -0.458 e. The lowest BCUT2D eigenvalue weighted by molar-refractivity contribution is 0.100. The fourth-order valence-corrected chi connectivity index (χ4v) is 1.65. The van der Waals surface area contributed by atoms with Crippen molar-refractivity contribution >= 4 is 11.5 Å². The van der Waals surface area contributed by atoms with E-state index in [4.69, 9.17) is 10.2 Å². The van der Waals surface area contributed by atoms with Gasteiger partial charge < -0.3 is 10.2 Å². The van der Waals surface area contributed by atoms with Crippen LogP contribution in [0.2, 0.25) is 0 Å². The lowest BCUT2D eigenvalue weighted by atomic mass is 10.0. The third-order valence-electron chi connectivity index (χ3n) is 2.49. The molecule has 0 unspecified atom stereocenters. The molecular formula is C13H12FNO2. The molecule has 17 heavy (non-hydrogen) atoms. The average Bonchev–Trinajstić information content (AvgIpc) is 2.69. The van der Waals surface area contributed by atoms with Crippen LogP contribution in [0.1, 0.15) is 27.4 Å². The first-order valence-corrected chi connectivity index (χ1v) is 5.16. The number of nitrogens with two attached hydrogens (primary N) is 1. The van der Waals surface area contributed by atoms with Crippen molar-refractivity contribution in [2.75, 3.05) is 5.73 Å². The van der Waals surface area contributed by atoms with Gasteiger partial charge in [-0.1, -0.05) is 0 Å². The number of benzene rings is 1. The van der Waals surface area contributed by atoms with Gasteiger partial charge in [-0.2, -0.15) is 0 Å². The molecule has 0 bridgehead atoms. The summed E-state index contributed by atoms with van der Waals surface area (Å²) in [5.74, 6) is -0.329. The Labute approximate surface area is 98.0 Å². The van der Waals surface area contributed by atoms with E-state index in [1.165, 1.54) is 18.2 Å². The SMILES string of the molecule is Cc1ccc(C(=O)c2cc(N)cc(C)c2F)o1. The molecule has 0 atom stereocenters. The maximum atomic E-state index is 13.8. The van der Waals surface area contributed by atoms with E-state index in [2.05, 4.69) is 0 Å². The maximum Gasteiger partial charge on any atom is 0.231 e. The fourth-order valence-electron chi connectivity index (χ4n) is 1.65. The van der Waals surface area contributed by atoms with Crippen molar-refractivity contribution in [1.82, 2.24) is 0 Å². The molecule has 0 saturated heterocycles. The second kappa shape index (κ2) is 4.05. The van der Waals surface area contributed by atoms with Crippen LogP contribution in [-0.4, -0.2) is 5.78 Å². The van der Waals surface area contributed by atoms with E-state index in [1.807, 2.05) is 0 Å². The Hall–Kier alpha value is -2.10. The molecule has 3 nitrogen and oxygen atoms in total. The molecule has 1 aromatic heterocycles. The third-order valence-corrected chi connectivity index (χ3v) is 2.49. The van der Waals surface area contributed by atoms with Gasteiger partial charge in [0.25, 0.3) is 0 Å². The van der Waals surface area contributed by atoms with Gasteiger partial charge in [0.15, 0.2) is 5.76 Å². The Bertz CT molecular complexity index is 587. The van der Waals surface area contributed by atoms with E-state index >= 15 is 0 Å². The molecule has 0 aliphatic heterocycles. The highest BCUT2D eigenvalue weighted by Gasteiger charge is 2.19. The standard InChI is InChI=1S/C13H12FNO2/c1-7-5-9(15)6-10(12(7)14)13(16)11-4-3-8(2)17-11/h3-6H,15H2,1-2H3. The Morgan fingerprint density at radius 3 is 2.59 bits per heavy atom. The predicted molar refractivity (Wildman–Crippen MR) is 62.4 cm³/mol. The normalized spacial score (nSPS) is 10.5. The van der Waals surface area contributed by atoms with Crippen molar-refractivity contribution in [2.45, 2.75) is 13.8 Å². The molecule has 0 aliphatic rings. The molecular weight excluding hydrogens is 221 g/mol. The van der Waals surface area contributed by atoms with Gasteiger partial charge in [-0.3, -0.25) is 4.79 Å². The monoisotopic (exact) mass is 233 g/mol. The number of hydrogen-bond acceptors (Lipinski definition) is 3. The first-order chi connectivity index (χ1) is 7.99. The predicted octanol–water partition coefficient (Wildman–Crippen LogP) is 2.85. The van der Waals surface area contributed by atoms with Crippen LogP contribution in [0.15, 0.2) is 28.7 Å². The van der Waals surface area contributed by atoms with Crippen LogP contribution in [0, 0.1) is 19.7 Å². The minimum atomic E-state index is -0.557. The highest BCUT2D eigenvalue weighted by atomic mass is 19.1. The summed E-state index contributed by atoms with van der Waals surface area (Å²) in [7, 11) is 0. The van der Waals surface area contributed by atoms with Crippen LogP contribution < -0.4 is 5.73 Å². The Kier molecular flexibility index (Phi) is 2.71. The molecule has 4 heteroatoms. The second-order valence-corrected chi connectivity index (χ2v) is 3.94. The van der Waals surface area contributed by atoms with Crippen molar-refractivity contribution in [2.24, 2.45) is 0 Å². The number of nitrogen functional groups attached to an aromatic ring is 1. The minimum absolute atomic E-state index is 0.0585. The van der Waals surface area contributed by atoms with Crippen LogP contribution >= 0.6 is 0 Å². The number of furan rings is 1. The van der Waals surface area contributed by atoms with Crippen LogP contribution in [0.25, 0.3) is 0 Å². The van der Waals surface area contributed by atoms with Crippen molar-refractivity contribution in [3.63, 3.8) is 0 Å². The summed E-state index contributed by atoms with van der Waals surface area (Å²) < 4.78 is 19.0. The van der Waals surface area contributed by atoms with Gasteiger partial charge in [0.1, 0.15) is 11.6 Å². The molecule has 1 heterocycles. The molecule has 2 N–H and O–H groups in total. The zero-order chi connectivity index (χ0) is 12.6. The lowest BCUT2D eigenvalue weighted by Gasteiger charge is -2.05. The van der Waals surface area contributed by atoms with Crippen molar-refractivity contribution < 1.29 is 13.6 Å². The van der Waals surface area contributed by atoms with Gasteiger partial charge >= 0.3 is 0 Å². The number of anilines is 1. The molecule has 88 valence electrons. The topological polar surface area (TPSA) is 56.2 Å². The number of halogens is 1. The number of rotatable bonds is 2. The van der Waals surface area contributed by atoms with Gasteiger partial charge in [0.05, 0.1) is 5.56 Å². The summed E-state index contributed by atoms with van der Waals surface area (Å²) in [6.07, 6.45) is 0. The molecule has 2 rings (SSSR count). The summed E-state index contributed by atoms with van der Waals surface area (Å²) in [5, 5.41) is 0. The van der Waals surface area contributed by atoms with Crippen LogP contribution in [-0.2, 0) is 0 Å². The molecule has 2 aromatic rings. The summed E-state index contributed by atoms with van der Waals surface area (Å²) in [6, 6.07) is 5.99. The Morgan fingerprint density at radius 1 is 1.29 bits per heavy atom. The second-order valence-electron chi connectivity index (χ2n) is 3.94. The summed E-state index contributed by atoms with van der Waals surface area (Å²) in [5.41, 5.74) is 6.24. The molecule has 0 saturated carbocycles. The first-order valence-electron chi connectivity index (χ1n) is 5.16. The maximum absolute atomic E-state index is 13.8. The first kappa shape index (κ1) is 11.4. The average molecular weight is 233 g/mol. The fraction of sp³-hybridized carbons (Fsp3) is 0.154. The molecule has 0 spiro atoms. The van der Waals surface area contributed by atoms with Gasteiger partial charge in [0.2, 0.25) is 5.78 Å². The highest BCUT2D eigenvalue weighted by Crippen LogP contribution is 2.21. The van der Waals surface area contributed by atoms with Crippen LogP contribution in [0.4, 0.5) is 10.1 Å². The van der Waals surface area contributed by atoms with E-state index < -0.39 is 11.6 Å². The van der Waals surface area contributed by atoms with Gasteiger partial charge in [-0.05, 0) is 43.7 Å². The van der Waals surface area contributed by atoms with Crippen molar-refractivity contribution in [3.8, 4) is 0 Å². The number of aryl methyl sites for hydroxylation is 2. The molecule has 0 fully saturated rings. The summed E-state index contributed by atoms with van der Waals surface area (Å²) in [6.45, 7) is 3.29. The Morgan fingerprint density at radius 2 is 2.00 bits per heavy atom. The quantitative estimate of drug-likeness (QED) is 0.641. The van der Waals surface area contributed by atoms with E-state index in [-0.39, 0.29) is 11.3 Å². The van der Waals surface area contributed by atoms with E-state index in [9.17, 15) is 9.18 Å². The largest absolute Gasteiger partial charge is 0.458 e. The number of ketones is 1. The number of carbonyl (C=O) groups excluding carboxylic acids is 1. The van der Waals surface area contributed by atoms with Gasteiger partial charge in [-0.25, -0.2) is 4.39 Å². The van der Waals surface area contributed by atoms with E-state index in [0.29, 0.717) is 17.0 Å². The zero-order valence-corrected chi connectivity index (χ0v) is 9.58. The molecule has 1 aromatic carbocycles. The molecule has 0 aliphatic carbocycles. The highest BCUT2D eigenvalue weighted by molar-refractivity contribution is 6.07. The summed E-state index contributed by atoms with van der Waals surface area (Å²) >= 11 is 0. The van der Waals surface area contributed by atoms with Gasteiger partial charge in [0, 0.05) is 5.69 Å². The number of carbonyl (C=O) groups is 1.